The van der Waals surface area contributed by atoms with E-state index >= 15 is 0 Å². The molecule has 0 saturated carbocycles. The average Bonchev–Trinajstić information content (AvgIpc) is 2.28. The standard InChI is InChI=1S/C13H19N3/c1-9-5-10(14)3-4-13(9)16-7-11-6-12(8-16)15(11)2/h3-5,11-12H,6-8,14H2,1-2H3. The fraction of sp³-hybridized carbons (Fsp3) is 0.538. The summed E-state index contributed by atoms with van der Waals surface area (Å²) in [6.45, 7) is 4.48. The van der Waals surface area contributed by atoms with E-state index in [9.17, 15) is 0 Å². The lowest BCUT2D eigenvalue weighted by molar-refractivity contribution is 0.0263. The van der Waals surface area contributed by atoms with Crippen molar-refractivity contribution < 1.29 is 0 Å². The first-order valence-electron chi connectivity index (χ1n) is 5.98. The van der Waals surface area contributed by atoms with Crippen LogP contribution in [0.5, 0.6) is 0 Å². The van der Waals surface area contributed by atoms with Gasteiger partial charge in [-0.2, -0.15) is 0 Å². The third kappa shape index (κ3) is 1.39. The van der Waals surface area contributed by atoms with E-state index in [0.29, 0.717) is 0 Å². The van der Waals surface area contributed by atoms with Crippen LogP contribution in [0, 0.1) is 6.92 Å². The molecule has 3 heterocycles. The minimum atomic E-state index is 0.760. The molecule has 3 fully saturated rings. The summed E-state index contributed by atoms with van der Waals surface area (Å²) in [4.78, 5) is 5.01. The Bertz CT molecular complexity index is 404. The van der Waals surface area contributed by atoms with E-state index in [-0.39, 0.29) is 0 Å². The molecule has 0 aromatic heterocycles. The van der Waals surface area contributed by atoms with E-state index < -0.39 is 0 Å². The molecule has 3 aliphatic rings. The number of fused-ring (bicyclic) bond motifs is 2. The SMILES string of the molecule is Cc1cc(N)ccc1N1CC2CC(C1)N2C. The zero-order valence-electron chi connectivity index (χ0n) is 9.98. The number of hydrogen-bond donors (Lipinski definition) is 1. The van der Waals surface area contributed by atoms with Gasteiger partial charge in [0.1, 0.15) is 0 Å². The molecule has 3 heteroatoms. The fourth-order valence-corrected chi connectivity index (χ4v) is 3.03. The van der Waals surface area contributed by atoms with Crippen LogP contribution in [-0.4, -0.2) is 37.1 Å². The van der Waals surface area contributed by atoms with Gasteiger partial charge in [0.15, 0.2) is 0 Å². The molecule has 3 saturated heterocycles. The Hall–Kier alpha value is -1.22. The van der Waals surface area contributed by atoms with Crippen molar-refractivity contribution in [3.63, 3.8) is 0 Å². The second kappa shape index (κ2) is 3.39. The lowest BCUT2D eigenvalue weighted by atomic mass is 9.88. The van der Waals surface area contributed by atoms with Gasteiger partial charge in [0.05, 0.1) is 0 Å². The lowest BCUT2D eigenvalue weighted by Crippen LogP contribution is -2.67. The van der Waals surface area contributed by atoms with Crippen LogP contribution in [0.25, 0.3) is 0 Å². The van der Waals surface area contributed by atoms with Gasteiger partial charge in [-0.25, -0.2) is 0 Å². The molecule has 1 aromatic rings. The summed E-state index contributed by atoms with van der Waals surface area (Å²) < 4.78 is 0. The van der Waals surface area contributed by atoms with Crippen molar-refractivity contribution in [1.29, 1.82) is 0 Å². The van der Waals surface area contributed by atoms with E-state index in [1.165, 1.54) is 17.7 Å². The highest BCUT2D eigenvalue weighted by Crippen LogP contribution is 2.34. The molecule has 16 heavy (non-hydrogen) atoms. The van der Waals surface area contributed by atoms with E-state index in [4.69, 9.17) is 5.73 Å². The Morgan fingerprint density at radius 1 is 1.25 bits per heavy atom. The van der Waals surface area contributed by atoms with Gasteiger partial charge in [-0.1, -0.05) is 0 Å². The molecular weight excluding hydrogens is 198 g/mol. The number of benzene rings is 1. The number of nitrogen functional groups attached to an aromatic ring is 1. The lowest BCUT2D eigenvalue weighted by Gasteiger charge is -2.55. The van der Waals surface area contributed by atoms with Gasteiger partial charge in [0.2, 0.25) is 0 Å². The maximum atomic E-state index is 5.79. The monoisotopic (exact) mass is 217 g/mol. The summed E-state index contributed by atoms with van der Waals surface area (Å²) in [5.41, 5.74) is 9.30. The normalized spacial score (nSPS) is 29.0. The van der Waals surface area contributed by atoms with Crippen molar-refractivity contribution in [1.82, 2.24) is 4.90 Å². The van der Waals surface area contributed by atoms with Crippen molar-refractivity contribution in [3.05, 3.63) is 23.8 Å². The molecule has 0 aliphatic carbocycles. The number of aryl methyl sites for hydroxylation is 1. The Labute approximate surface area is 96.8 Å². The smallest absolute Gasteiger partial charge is 0.0398 e. The van der Waals surface area contributed by atoms with Gasteiger partial charge in [-0.15, -0.1) is 0 Å². The number of nitrogens with zero attached hydrogens (tertiary/aromatic N) is 2. The van der Waals surface area contributed by atoms with Gasteiger partial charge in [0, 0.05) is 36.5 Å². The number of hydrogen-bond acceptors (Lipinski definition) is 3. The summed E-state index contributed by atoms with van der Waals surface area (Å²) in [5, 5.41) is 0. The van der Waals surface area contributed by atoms with Crippen LogP contribution in [0.4, 0.5) is 11.4 Å². The van der Waals surface area contributed by atoms with Gasteiger partial charge < -0.3 is 10.6 Å². The predicted molar refractivity (Wildman–Crippen MR) is 67.8 cm³/mol. The Morgan fingerprint density at radius 2 is 1.94 bits per heavy atom. The summed E-state index contributed by atoms with van der Waals surface area (Å²) in [5.74, 6) is 0. The summed E-state index contributed by atoms with van der Waals surface area (Å²) >= 11 is 0. The van der Waals surface area contributed by atoms with Crippen molar-refractivity contribution >= 4 is 11.4 Å². The molecule has 2 unspecified atom stereocenters. The minimum absolute atomic E-state index is 0.760. The maximum Gasteiger partial charge on any atom is 0.0398 e. The molecular formula is C13H19N3. The Morgan fingerprint density at radius 3 is 2.50 bits per heavy atom. The van der Waals surface area contributed by atoms with Gasteiger partial charge in [-0.05, 0) is 44.2 Å². The van der Waals surface area contributed by atoms with E-state index in [0.717, 1.165) is 30.9 Å². The molecule has 0 spiro atoms. The average molecular weight is 217 g/mol. The molecule has 3 nitrogen and oxygen atoms in total. The van der Waals surface area contributed by atoms with Gasteiger partial charge >= 0.3 is 0 Å². The molecule has 2 atom stereocenters. The zero-order chi connectivity index (χ0) is 11.3. The fourth-order valence-electron chi connectivity index (χ4n) is 3.03. The highest BCUT2D eigenvalue weighted by atomic mass is 15.3. The van der Waals surface area contributed by atoms with Gasteiger partial charge in [0.25, 0.3) is 0 Å². The Kier molecular flexibility index (Phi) is 2.11. The van der Waals surface area contributed by atoms with Gasteiger partial charge in [-0.3, -0.25) is 4.90 Å². The van der Waals surface area contributed by atoms with Crippen molar-refractivity contribution in [3.8, 4) is 0 Å². The van der Waals surface area contributed by atoms with Crippen LogP contribution in [-0.2, 0) is 0 Å². The zero-order valence-corrected chi connectivity index (χ0v) is 9.98. The highest BCUT2D eigenvalue weighted by molar-refractivity contribution is 5.60. The molecule has 1 aromatic carbocycles. The molecule has 4 rings (SSSR count). The first kappa shape index (κ1) is 9.97. The Balaban J connectivity index is 1.83. The molecule has 2 N–H and O–H groups in total. The molecule has 3 aliphatic heterocycles. The predicted octanol–water partition coefficient (Wildman–Crippen LogP) is 1.47. The third-order valence-electron chi connectivity index (χ3n) is 4.12. The number of rotatable bonds is 1. The molecule has 2 bridgehead atoms. The topological polar surface area (TPSA) is 32.5 Å². The number of nitrogens with two attached hydrogens (primary N) is 1. The van der Waals surface area contributed by atoms with Crippen LogP contribution in [0.2, 0.25) is 0 Å². The quantitative estimate of drug-likeness (QED) is 0.723. The van der Waals surface area contributed by atoms with Crippen molar-refractivity contribution in [2.24, 2.45) is 0 Å². The molecule has 0 amide bonds. The first-order valence-corrected chi connectivity index (χ1v) is 5.98. The first-order chi connectivity index (χ1) is 7.65. The van der Waals surface area contributed by atoms with E-state index in [2.05, 4.69) is 35.9 Å². The maximum absolute atomic E-state index is 5.79. The summed E-state index contributed by atoms with van der Waals surface area (Å²) in [7, 11) is 2.24. The highest BCUT2D eigenvalue weighted by Gasteiger charge is 2.42. The number of anilines is 2. The van der Waals surface area contributed by atoms with Crippen LogP contribution in [0.3, 0.4) is 0 Å². The van der Waals surface area contributed by atoms with Crippen LogP contribution in [0.1, 0.15) is 12.0 Å². The third-order valence-corrected chi connectivity index (χ3v) is 4.12. The summed E-state index contributed by atoms with van der Waals surface area (Å²) in [6, 6.07) is 7.76. The number of piperazine rings is 1. The van der Waals surface area contributed by atoms with E-state index in [1.807, 2.05) is 6.07 Å². The van der Waals surface area contributed by atoms with Crippen LogP contribution in [0.15, 0.2) is 18.2 Å². The van der Waals surface area contributed by atoms with E-state index in [1.54, 1.807) is 0 Å². The van der Waals surface area contributed by atoms with Crippen LogP contribution >= 0.6 is 0 Å². The molecule has 0 radical (unpaired) electrons. The molecule has 86 valence electrons. The second-order valence-electron chi connectivity index (χ2n) is 5.16. The van der Waals surface area contributed by atoms with Crippen molar-refractivity contribution in [2.75, 3.05) is 30.8 Å². The number of likely N-dealkylation sites (N-methyl/N-ethyl adjacent to an activating group) is 1. The second-order valence-corrected chi connectivity index (χ2v) is 5.16. The number of piperidine rings is 1. The van der Waals surface area contributed by atoms with Crippen LogP contribution < -0.4 is 10.6 Å². The minimum Gasteiger partial charge on any atom is -0.399 e. The van der Waals surface area contributed by atoms with Crippen molar-refractivity contribution in [2.45, 2.75) is 25.4 Å². The summed E-state index contributed by atoms with van der Waals surface area (Å²) in [6.07, 6.45) is 1.38. The largest absolute Gasteiger partial charge is 0.399 e.